The van der Waals surface area contributed by atoms with Gasteiger partial charge in [-0.1, -0.05) is 0 Å². The molecule has 1 aromatic rings. The van der Waals surface area contributed by atoms with Crippen molar-refractivity contribution in [2.45, 2.75) is 31.3 Å². The van der Waals surface area contributed by atoms with Gasteiger partial charge in [0.15, 0.2) is 0 Å². The SMILES string of the molecule is CN1C2CCC1CN(c1ccnc(C(=O)O)c1)CC2. The van der Waals surface area contributed by atoms with Gasteiger partial charge in [-0.05, 0) is 38.4 Å². The molecule has 5 heteroatoms. The first-order chi connectivity index (χ1) is 9.15. The first kappa shape index (κ1) is 12.4. The number of aromatic carboxylic acids is 1. The first-order valence-electron chi connectivity index (χ1n) is 6.81. The monoisotopic (exact) mass is 261 g/mol. The van der Waals surface area contributed by atoms with Gasteiger partial charge in [0.1, 0.15) is 5.69 Å². The molecule has 2 aliphatic rings. The maximum Gasteiger partial charge on any atom is 0.354 e. The number of rotatable bonds is 2. The van der Waals surface area contributed by atoms with Crippen LogP contribution in [0.4, 0.5) is 5.69 Å². The summed E-state index contributed by atoms with van der Waals surface area (Å²) in [6.45, 7) is 1.98. The van der Waals surface area contributed by atoms with Crippen LogP contribution in [0, 0.1) is 0 Å². The molecule has 1 aromatic heterocycles. The van der Waals surface area contributed by atoms with Crippen LogP contribution >= 0.6 is 0 Å². The fraction of sp³-hybridized carbons (Fsp3) is 0.571. The zero-order chi connectivity index (χ0) is 13.4. The van der Waals surface area contributed by atoms with E-state index < -0.39 is 5.97 Å². The molecule has 0 saturated carbocycles. The Morgan fingerprint density at radius 3 is 2.95 bits per heavy atom. The van der Waals surface area contributed by atoms with Gasteiger partial charge in [-0.15, -0.1) is 0 Å². The molecule has 3 rings (SSSR count). The lowest BCUT2D eigenvalue weighted by atomic mass is 10.1. The third kappa shape index (κ3) is 2.30. The normalized spacial score (nSPS) is 27.3. The van der Waals surface area contributed by atoms with Crippen LogP contribution in [0.3, 0.4) is 0 Å². The molecule has 0 amide bonds. The highest BCUT2D eigenvalue weighted by molar-refractivity contribution is 5.86. The molecule has 1 N–H and O–H groups in total. The molecule has 0 aromatic carbocycles. The van der Waals surface area contributed by atoms with E-state index in [0.29, 0.717) is 12.1 Å². The molecule has 102 valence electrons. The van der Waals surface area contributed by atoms with E-state index in [1.165, 1.54) is 12.8 Å². The minimum atomic E-state index is -0.963. The average molecular weight is 261 g/mol. The summed E-state index contributed by atoms with van der Waals surface area (Å²) >= 11 is 0. The number of carboxylic acids is 1. The minimum absolute atomic E-state index is 0.125. The van der Waals surface area contributed by atoms with Crippen molar-refractivity contribution >= 4 is 11.7 Å². The number of carbonyl (C=O) groups is 1. The second-order valence-electron chi connectivity index (χ2n) is 5.49. The number of likely N-dealkylation sites (N-methyl/N-ethyl adjacent to an activating group) is 1. The number of anilines is 1. The van der Waals surface area contributed by atoms with Crippen molar-refractivity contribution in [3.05, 3.63) is 24.0 Å². The van der Waals surface area contributed by atoms with Gasteiger partial charge in [0, 0.05) is 37.1 Å². The van der Waals surface area contributed by atoms with Gasteiger partial charge in [0.05, 0.1) is 0 Å². The van der Waals surface area contributed by atoms with Crippen molar-refractivity contribution < 1.29 is 9.90 Å². The molecular formula is C14H19N3O2. The molecule has 19 heavy (non-hydrogen) atoms. The van der Waals surface area contributed by atoms with Gasteiger partial charge in [-0.3, -0.25) is 4.90 Å². The van der Waals surface area contributed by atoms with Crippen molar-refractivity contribution in [1.29, 1.82) is 0 Å². The maximum atomic E-state index is 11.0. The van der Waals surface area contributed by atoms with E-state index in [1.807, 2.05) is 6.07 Å². The van der Waals surface area contributed by atoms with E-state index in [0.717, 1.165) is 25.2 Å². The zero-order valence-corrected chi connectivity index (χ0v) is 11.1. The Balaban J connectivity index is 1.82. The molecule has 2 unspecified atom stereocenters. The van der Waals surface area contributed by atoms with Crippen molar-refractivity contribution in [2.24, 2.45) is 0 Å². The van der Waals surface area contributed by atoms with Crippen LogP contribution in [0.15, 0.2) is 18.3 Å². The lowest BCUT2D eigenvalue weighted by Gasteiger charge is -2.27. The van der Waals surface area contributed by atoms with E-state index in [9.17, 15) is 4.79 Å². The summed E-state index contributed by atoms with van der Waals surface area (Å²) in [6.07, 6.45) is 5.28. The Morgan fingerprint density at radius 1 is 1.37 bits per heavy atom. The highest BCUT2D eigenvalue weighted by Crippen LogP contribution is 2.30. The Bertz CT molecular complexity index is 491. The summed E-state index contributed by atoms with van der Waals surface area (Å²) in [7, 11) is 2.21. The summed E-state index contributed by atoms with van der Waals surface area (Å²) in [5.41, 5.74) is 1.11. The highest BCUT2D eigenvalue weighted by Gasteiger charge is 2.34. The highest BCUT2D eigenvalue weighted by atomic mass is 16.4. The predicted molar refractivity (Wildman–Crippen MR) is 72.6 cm³/mol. The van der Waals surface area contributed by atoms with Gasteiger partial charge >= 0.3 is 5.97 Å². The lowest BCUT2D eigenvalue weighted by Crippen LogP contribution is -2.36. The molecule has 2 saturated heterocycles. The van der Waals surface area contributed by atoms with Gasteiger partial charge in [-0.25, -0.2) is 9.78 Å². The lowest BCUT2D eigenvalue weighted by molar-refractivity contribution is 0.0690. The quantitative estimate of drug-likeness (QED) is 0.873. The average Bonchev–Trinajstić information content (AvgIpc) is 2.63. The van der Waals surface area contributed by atoms with E-state index in [2.05, 4.69) is 21.8 Å². The molecule has 0 aliphatic carbocycles. The standard InChI is InChI=1S/C14H19N3O2/c1-16-10-2-3-12(16)9-17(7-5-10)11-4-6-15-13(8-11)14(18)19/h4,6,8,10,12H,2-3,5,7,9H2,1H3,(H,18,19). The number of hydrogen-bond acceptors (Lipinski definition) is 4. The van der Waals surface area contributed by atoms with Gasteiger partial charge in [-0.2, -0.15) is 0 Å². The van der Waals surface area contributed by atoms with Crippen LogP contribution in [0.1, 0.15) is 29.8 Å². The Hall–Kier alpha value is -1.62. The molecule has 2 bridgehead atoms. The molecule has 3 heterocycles. The van der Waals surface area contributed by atoms with Gasteiger partial charge in [0.25, 0.3) is 0 Å². The zero-order valence-electron chi connectivity index (χ0n) is 11.1. The van der Waals surface area contributed by atoms with Crippen LogP contribution in [-0.2, 0) is 0 Å². The molecule has 5 nitrogen and oxygen atoms in total. The van der Waals surface area contributed by atoms with E-state index in [-0.39, 0.29) is 5.69 Å². The van der Waals surface area contributed by atoms with Crippen LogP contribution < -0.4 is 4.90 Å². The molecule has 2 fully saturated rings. The Labute approximate surface area is 112 Å². The van der Waals surface area contributed by atoms with Gasteiger partial charge < -0.3 is 10.0 Å². The summed E-state index contributed by atoms with van der Waals surface area (Å²) in [4.78, 5) is 19.7. The van der Waals surface area contributed by atoms with Crippen LogP contribution in [0.5, 0.6) is 0 Å². The fourth-order valence-electron chi connectivity index (χ4n) is 3.28. The Kier molecular flexibility index (Phi) is 3.14. The summed E-state index contributed by atoms with van der Waals surface area (Å²) in [5, 5.41) is 9.02. The van der Waals surface area contributed by atoms with Crippen LogP contribution in [0.2, 0.25) is 0 Å². The molecule has 2 aliphatic heterocycles. The predicted octanol–water partition coefficient (Wildman–Crippen LogP) is 1.45. The summed E-state index contributed by atoms with van der Waals surface area (Å²) in [6, 6.07) is 4.87. The maximum absolute atomic E-state index is 11.0. The van der Waals surface area contributed by atoms with Crippen LogP contribution in [0.25, 0.3) is 0 Å². The second kappa shape index (κ2) is 4.81. The number of nitrogens with zero attached hydrogens (tertiary/aromatic N) is 3. The third-order valence-electron chi connectivity index (χ3n) is 4.48. The van der Waals surface area contributed by atoms with E-state index >= 15 is 0 Å². The first-order valence-corrected chi connectivity index (χ1v) is 6.81. The number of pyridine rings is 1. The van der Waals surface area contributed by atoms with Crippen molar-refractivity contribution in [2.75, 3.05) is 25.0 Å². The topological polar surface area (TPSA) is 56.7 Å². The number of fused-ring (bicyclic) bond motifs is 2. The summed E-state index contributed by atoms with van der Waals surface area (Å²) in [5.74, 6) is -0.963. The molecular weight excluding hydrogens is 242 g/mol. The number of hydrogen-bond donors (Lipinski definition) is 1. The van der Waals surface area contributed by atoms with Crippen LogP contribution in [-0.4, -0.2) is 53.2 Å². The van der Waals surface area contributed by atoms with Gasteiger partial charge in [0.2, 0.25) is 0 Å². The second-order valence-corrected chi connectivity index (χ2v) is 5.49. The van der Waals surface area contributed by atoms with E-state index in [1.54, 1.807) is 12.3 Å². The van der Waals surface area contributed by atoms with Crippen molar-refractivity contribution in [3.8, 4) is 0 Å². The fourth-order valence-corrected chi connectivity index (χ4v) is 3.28. The minimum Gasteiger partial charge on any atom is -0.477 e. The molecule has 0 spiro atoms. The largest absolute Gasteiger partial charge is 0.477 e. The molecule has 2 atom stereocenters. The molecule has 0 radical (unpaired) electrons. The summed E-state index contributed by atoms with van der Waals surface area (Å²) < 4.78 is 0. The van der Waals surface area contributed by atoms with Crippen molar-refractivity contribution in [3.63, 3.8) is 0 Å². The smallest absolute Gasteiger partial charge is 0.354 e. The Morgan fingerprint density at radius 2 is 2.16 bits per heavy atom. The van der Waals surface area contributed by atoms with Crippen molar-refractivity contribution in [1.82, 2.24) is 9.88 Å². The van der Waals surface area contributed by atoms with E-state index in [4.69, 9.17) is 5.11 Å². The third-order valence-corrected chi connectivity index (χ3v) is 4.48. The number of carboxylic acid groups (broad SMARTS) is 1. The number of aromatic nitrogens is 1.